The van der Waals surface area contributed by atoms with Crippen LogP contribution in [0.1, 0.15) is 16.1 Å². The number of hydrogen-bond donors (Lipinski definition) is 0. The van der Waals surface area contributed by atoms with E-state index in [1.165, 1.54) is 6.07 Å². The second-order valence-electron chi connectivity index (χ2n) is 2.27. The predicted octanol–water partition coefficient (Wildman–Crippen LogP) is 1.11. The second-order valence-corrected chi connectivity index (χ2v) is 2.27. The minimum absolute atomic E-state index is 0.0689. The van der Waals surface area contributed by atoms with Crippen LogP contribution in [0.2, 0.25) is 0 Å². The zero-order valence-corrected chi connectivity index (χ0v) is 6.35. The van der Waals surface area contributed by atoms with Crippen LogP contribution in [0.4, 0.5) is 5.69 Å². The number of rotatable bonds is 2. The third-order valence-corrected chi connectivity index (χ3v) is 1.42. The van der Waals surface area contributed by atoms with Gasteiger partial charge in [-0.1, -0.05) is 0 Å². The second kappa shape index (κ2) is 3.08. The molecule has 0 fully saturated rings. The number of carbonyl (C=O) groups is 1. The molecule has 0 saturated carbocycles. The molecule has 0 aromatic carbocycles. The first-order valence-electron chi connectivity index (χ1n) is 3.21. The lowest BCUT2D eigenvalue weighted by Crippen LogP contribution is -1.95. The van der Waals surface area contributed by atoms with Crippen molar-refractivity contribution in [2.45, 2.75) is 6.92 Å². The number of carbonyl (C=O) groups excluding carboxylic acids is 1. The maximum atomic E-state index is 10.3. The summed E-state index contributed by atoms with van der Waals surface area (Å²) in [6, 6.07) is 1.38. The van der Waals surface area contributed by atoms with Crippen molar-refractivity contribution >= 4 is 12.0 Å². The van der Waals surface area contributed by atoms with E-state index in [4.69, 9.17) is 0 Å². The Balaban J connectivity index is 3.20. The first-order chi connectivity index (χ1) is 5.65. The molecule has 0 spiro atoms. The Bertz CT molecular complexity index is 335. The number of pyridine rings is 1. The quantitative estimate of drug-likeness (QED) is 0.374. The van der Waals surface area contributed by atoms with Gasteiger partial charge < -0.3 is 0 Å². The summed E-state index contributed by atoms with van der Waals surface area (Å²) in [6.45, 7) is 1.56. The van der Waals surface area contributed by atoms with Crippen LogP contribution >= 0.6 is 0 Å². The fraction of sp³-hybridized carbons (Fsp3) is 0.143. The normalized spacial score (nSPS) is 9.42. The molecule has 0 radical (unpaired) electrons. The molecule has 5 heteroatoms. The van der Waals surface area contributed by atoms with Gasteiger partial charge in [0, 0.05) is 5.56 Å². The fourth-order valence-corrected chi connectivity index (χ4v) is 0.826. The van der Waals surface area contributed by atoms with Crippen molar-refractivity contribution in [1.29, 1.82) is 0 Å². The highest BCUT2D eigenvalue weighted by molar-refractivity contribution is 5.72. The summed E-state index contributed by atoms with van der Waals surface area (Å²) in [7, 11) is 0. The fourth-order valence-electron chi connectivity index (χ4n) is 0.826. The summed E-state index contributed by atoms with van der Waals surface area (Å²) in [4.78, 5) is 23.5. The molecule has 1 aromatic heterocycles. The zero-order chi connectivity index (χ0) is 9.14. The van der Waals surface area contributed by atoms with Crippen LogP contribution in [-0.4, -0.2) is 16.2 Å². The van der Waals surface area contributed by atoms with E-state index < -0.39 is 4.92 Å². The molecule has 1 heterocycles. The van der Waals surface area contributed by atoms with Gasteiger partial charge in [0.25, 0.3) is 5.69 Å². The standard InChI is InChI=1S/C7H6N2O3/c1-5-2-6(4-10)8-3-7(5)9(11)12/h2-4H,1H3. The molecule has 0 aliphatic rings. The van der Waals surface area contributed by atoms with E-state index in [1.54, 1.807) is 6.92 Å². The summed E-state index contributed by atoms with van der Waals surface area (Å²) in [5, 5.41) is 10.3. The number of aromatic nitrogens is 1. The Morgan fingerprint density at radius 1 is 1.67 bits per heavy atom. The first kappa shape index (κ1) is 8.32. The molecule has 12 heavy (non-hydrogen) atoms. The van der Waals surface area contributed by atoms with E-state index >= 15 is 0 Å². The van der Waals surface area contributed by atoms with Crippen LogP contribution in [0, 0.1) is 17.0 Å². The topological polar surface area (TPSA) is 73.1 Å². The Morgan fingerprint density at radius 3 is 2.75 bits per heavy atom. The molecule has 1 aromatic rings. The lowest BCUT2D eigenvalue weighted by Gasteiger charge is -1.95. The minimum atomic E-state index is -0.531. The van der Waals surface area contributed by atoms with Crippen molar-refractivity contribution in [3.8, 4) is 0 Å². The summed E-state index contributed by atoms with van der Waals surface area (Å²) in [5.74, 6) is 0. The van der Waals surface area contributed by atoms with E-state index in [9.17, 15) is 14.9 Å². The molecule has 0 amide bonds. The Hall–Kier alpha value is -1.78. The van der Waals surface area contributed by atoms with Gasteiger partial charge >= 0.3 is 0 Å². The number of nitro groups is 1. The zero-order valence-electron chi connectivity index (χ0n) is 6.35. The number of nitrogens with zero attached hydrogens (tertiary/aromatic N) is 2. The molecule has 5 nitrogen and oxygen atoms in total. The van der Waals surface area contributed by atoms with Crippen molar-refractivity contribution in [3.05, 3.63) is 33.6 Å². The molecule has 0 aliphatic carbocycles. The highest BCUT2D eigenvalue weighted by Crippen LogP contribution is 2.15. The van der Waals surface area contributed by atoms with E-state index in [2.05, 4.69) is 4.98 Å². The van der Waals surface area contributed by atoms with Crippen LogP contribution in [-0.2, 0) is 0 Å². The monoisotopic (exact) mass is 166 g/mol. The van der Waals surface area contributed by atoms with Crippen LogP contribution < -0.4 is 0 Å². The first-order valence-corrected chi connectivity index (χ1v) is 3.21. The Labute approximate surface area is 68.2 Å². The molecule has 0 N–H and O–H groups in total. The Kier molecular flexibility index (Phi) is 2.14. The van der Waals surface area contributed by atoms with Gasteiger partial charge in [0.2, 0.25) is 0 Å². The highest BCUT2D eigenvalue weighted by atomic mass is 16.6. The van der Waals surface area contributed by atoms with Gasteiger partial charge in [0.05, 0.1) is 4.92 Å². The smallest absolute Gasteiger partial charge is 0.290 e. The van der Waals surface area contributed by atoms with E-state index in [-0.39, 0.29) is 11.4 Å². The van der Waals surface area contributed by atoms with Gasteiger partial charge in [-0.3, -0.25) is 14.9 Å². The van der Waals surface area contributed by atoms with Crippen LogP contribution in [0.3, 0.4) is 0 Å². The van der Waals surface area contributed by atoms with Gasteiger partial charge in [0.1, 0.15) is 11.9 Å². The van der Waals surface area contributed by atoms with Gasteiger partial charge in [-0.25, -0.2) is 4.98 Å². The average Bonchev–Trinajstić information content (AvgIpc) is 2.03. The molecule has 1 rings (SSSR count). The molecule has 0 atom stereocenters. The van der Waals surface area contributed by atoms with Crippen molar-refractivity contribution in [2.24, 2.45) is 0 Å². The molecule has 62 valence electrons. The van der Waals surface area contributed by atoms with Crippen LogP contribution in [0.5, 0.6) is 0 Å². The van der Waals surface area contributed by atoms with E-state index in [0.717, 1.165) is 6.20 Å². The molecular formula is C7H6N2O3. The predicted molar refractivity (Wildman–Crippen MR) is 41.0 cm³/mol. The van der Waals surface area contributed by atoms with Crippen molar-refractivity contribution in [1.82, 2.24) is 4.98 Å². The molecule has 0 aliphatic heterocycles. The number of aldehydes is 1. The molecular weight excluding hydrogens is 160 g/mol. The highest BCUT2D eigenvalue weighted by Gasteiger charge is 2.10. The molecule has 0 bridgehead atoms. The maximum Gasteiger partial charge on any atom is 0.290 e. The van der Waals surface area contributed by atoms with Crippen molar-refractivity contribution in [3.63, 3.8) is 0 Å². The summed E-state index contributed by atoms with van der Waals surface area (Å²) in [5.41, 5.74) is 0.579. The molecule has 0 saturated heterocycles. The number of aryl methyl sites for hydroxylation is 1. The van der Waals surface area contributed by atoms with Gasteiger partial charge in [-0.15, -0.1) is 0 Å². The van der Waals surface area contributed by atoms with Crippen molar-refractivity contribution in [2.75, 3.05) is 0 Å². The van der Waals surface area contributed by atoms with Gasteiger partial charge in [-0.05, 0) is 13.0 Å². The molecule has 0 unspecified atom stereocenters. The largest absolute Gasteiger partial charge is 0.296 e. The lowest BCUT2D eigenvalue weighted by atomic mass is 10.2. The third kappa shape index (κ3) is 1.45. The summed E-state index contributed by atoms with van der Waals surface area (Å²) < 4.78 is 0. The maximum absolute atomic E-state index is 10.3. The lowest BCUT2D eigenvalue weighted by molar-refractivity contribution is -0.385. The van der Waals surface area contributed by atoms with Gasteiger partial charge in [-0.2, -0.15) is 0 Å². The van der Waals surface area contributed by atoms with Crippen LogP contribution in [0.15, 0.2) is 12.3 Å². The average molecular weight is 166 g/mol. The van der Waals surface area contributed by atoms with E-state index in [0.29, 0.717) is 11.8 Å². The summed E-state index contributed by atoms with van der Waals surface area (Å²) in [6.07, 6.45) is 1.63. The Morgan fingerprint density at radius 2 is 2.33 bits per heavy atom. The minimum Gasteiger partial charge on any atom is -0.296 e. The summed E-state index contributed by atoms with van der Waals surface area (Å²) >= 11 is 0. The van der Waals surface area contributed by atoms with Gasteiger partial charge in [0.15, 0.2) is 6.29 Å². The SMILES string of the molecule is Cc1cc(C=O)ncc1[N+](=O)[O-]. The van der Waals surface area contributed by atoms with Crippen molar-refractivity contribution < 1.29 is 9.72 Å². The number of hydrogen-bond acceptors (Lipinski definition) is 4. The third-order valence-electron chi connectivity index (χ3n) is 1.42. The van der Waals surface area contributed by atoms with Crippen LogP contribution in [0.25, 0.3) is 0 Å². The van der Waals surface area contributed by atoms with E-state index in [1.807, 2.05) is 0 Å².